The Morgan fingerprint density at radius 2 is 0.550 bits per heavy atom. The first-order chi connectivity index (χ1) is 9.91. The van der Waals surface area contributed by atoms with Crippen LogP contribution in [0.25, 0.3) is 0 Å². The Morgan fingerprint density at radius 1 is 0.350 bits per heavy atom. The first kappa shape index (κ1) is 18.7. The van der Waals surface area contributed by atoms with Gasteiger partial charge in [-0.2, -0.15) is 0 Å². The van der Waals surface area contributed by atoms with Crippen molar-refractivity contribution in [3.63, 3.8) is 0 Å². The molecule has 0 saturated heterocycles. The monoisotopic (exact) mass is 272 g/mol. The van der Waals surface area contributed by atoms with Crippen LogP contribution in [0.4, 0.5) is 0 Å². The number of allylic oxidation sites excluding steroid dienone is 10. The maximum Gasteiger partial charge on any atom is -0.0316 e. The maximum absolute atomic E-state index is 2.31. The normalized spacial score (nSPS) is 13.1. The fourth-order valence-corrected chi connectivity index (χ4v) is 1.81. The Balaban J connectivity index is 3.31. The summed E-state index contributed by atoms with van der Waals surface area (Å²) in [6.45, 7) is 4.15. The molecule has 0 aliphatic carbocycles. The molecule has 0 spiro atoms. The Hall–Kier alpha value is -1.30. The van der Waals surface area contributed by atoms with E-state index in [0.29, 0.717) is 0 Å². The van der Waals surface area contributed by atoms with Crippen molar-refractivity contribution in [1.29, 1.82) is 0 Å². The van der Waals surface area contributed by atoms with E-state index in [9.17, 15) is 0 Å². The molecule has 0 radical (unpaired) electrons. The van der Waals surface area contributed by atoms with Crippen LogP contribution in [0.2, 0.25) is 0 Å². The highest BCUT2D eigenvalue weighted by Gasteiger charge is 1.80. The molecule has 0 aromatic rings. The molecule has 0 fully saturated rings. The zero-order chi connectivity index (χ0) is 14.7. The summed E-state index contributed by atoms with van der Waals surface area (Å²) in [5, 5.41) is 0. The van der Waals surface area contributed by atoms with Crippen molar-refractivity contribution in [3.05, 3.63) is 60.8 Å². The first-order valence-electron chi connectivity index (χ1n) is 8.09. The van der Waals surface area contributed by atoms with E-state index in [-0.39, 0.29) is 0 Å². The second-order valence-corrected chi connectivity index (χ2v) is 4.86. The minimum Gasteiger partial charge on any atom is -0.0917 e. The standard InChI is InChI=1S/C20H32/c1-3-5-7-9-11-13-15-17-19-20-18-16-14-12-10-8-6-4-2/h3-6,11-14,19-20H,7-10,15-18H2,1-2H3. The van der Waals surface area contributed by atoms with E-state index in [0.717, 1.165) is 0 Å². The van der Waals surface area contributed by atoms with E-state index in [1.165, 1.54) is 51.4 Å². The second kappa shape index (κ2) is 17.7. The van der Waals surface area contributed by atoms with E-state index < -0.39 is 0 Å². The number of unbranched alkanes of at least 4 members (excludes halogenated alkanes) is 4. The minimum atomic E-state index is 1.17. The second-order valence-electron chi connectivity index (χ2n) is 4.86. The van der Waals surface area contributed by atoms with Gasteiger partial charge in [0.2, 0.25) is 0 Å². The molecular formula is C20H32. The lowest BCUT2D eigenvalue weighted by molar-refractivity contribution is 0.977. The molecule has 0 atom stereocenters. The molecule has 0 N–H and O–H groups in total. The molecule has 0 unspecified atom stereocenters. The van der Waals surface area contributed by atoms with Crippen LogP contribution in [0.1, 0.15) is 65.2 Å². The molecule has 20 heavy (non-hydrogen) atoms. The molecule has 0 saturated carbocycles. The van der Waals surface area contributed by atoms with Gasteiger partial charge < -0.3 is 0 Å². The largest absolute Gasteiger partial charge is 0.0917 e. The van der Waals surface area contributed by atoms with Gasteiger partial charge in [0.15, 0.2) is 0 Å². The van der Waals surface area contributed by atoms with Gasteiger partial charge >= 0.3 is 0 Å². The summed E-state index contributed by atoms with van der Waals surface area (Å²) in [7, 11) is 0. The summed E-state index contributed by atoms with van der Waals surface area (Å²) in [6.07, 6.45) is 31.8. The third-order valence-corrected chi connectivity index (χ3v) is 2.97. The van der Waals surface area contributed by atoms with Crippen LogP contribution < -0.4 is 0 Å². The fraction of sp³-hybridized carbons (Fsp3) is 0.500. The van der Waals surface area contributed by atoms with Crippen LogP contribution in [0.15, 0.2) is 60.8 Å². The zero-order valence-electron chi connectivity index (χ0n) is 13.4. The Morgan fingerprint density at radius 3 is 0.750 bits per heavy atom. The van der Waals surface area contributed by atoms with Gasteiger partial charge in [0.25, 0.3) is 0 Å². The summed E-state index contributed by atoms with van der Waals surface area (Å²) in [4.78, 5) is 0. The van der Waals surface area contributed by atoms with Crippen molar-refractivity contribution < 1.29 is 0 Å². The molecular weight excluding hydrogens is 240 g/mol. The lowest BCUT2D eigenvalue weighted by Crippen LogP contribution is -1.69. The van der Waals surface area contributed by atoms with E-state index in [1.807, 2.05) is 0 Å². The number of hydrogen-bond donors (Lipinski definition) is 0. The molecule has 0 amide bonds. The topological polar surface area (TPSA) is 0 Å². The summed E-state index contributed by atoms with van der Waals surface area (Å²) in [5.41, 5.74) is 0. The van der Waals surface area contributed by atoms with Crippen molar-refractivity contribution in [3.8, 4) is 0 Å². The van der Waals surface area contributed by atoms with Gasteiger partial charge in [-0.25, -0.2) is 0 Å². The highest BCUT2D eigenvalue weighted by molar-refractivity contribution is 4.92. The van der Waals surface area contributed by atoms with Crippen molar-refractivity contribution >= 4 is 0 Å². The summed E-state index contributed by atoms with van der Waals surface area (Å²) in [5.74, 6) is 0. The lowest BCUT2D eigenvalue weighted by atomic mass is 10.2. The van der Waals surface area contributed by atoms with Crippen LogP contribution >= 0.6 is 0 Å². The van der Waals surface area contributed by atoms with E-state index in [4.69, 9.17) is 0 Å². The molecule has 0 aliphatic heterocycles. The molecule has 0 nitrogen and oxygen atoms in total. The third-order valence-electron chi connectivity index (χ3n) is 2.97. The molecule has 0 heterocycles. The molecule has 0 heteroatoms. The Labute approximate surface area is 126 Å². The highest BCUT2D eigenvalue weighted by Crippen LogP contribution is 2.01. The smallest absolute Gasteiger partial charge is 0.0316 e. The number of hydrogen-bond acceptors (Lipinski definition) is 0. The lowest BCUT2D eigenvalue weighted by Gasteiger charge is -1.90. The molecule has 0 rings (SSSR count). The van der Waals surface area contributed by atoms with E-state index in [1.54, 1.807) is 0 Å². The van der Waals surface area contributed by atoms with Crippen LogP contribution in [0.5, 0.6) is 0 Å². The third kappa shape index (κ3) is 16.7. The molecule has 0 aliphatic rings. The Bertz CT molecular complexity index is 281. The summed E-state index contributed by atoms with van der Waals surface area (Å²) in [6, 6.07) is 0. The van der Waals surface area contributed by atoms with Gasteiger partial charge in [0.1, 0.15) is 0 Å². The highest BCUT2D eigenvalue weighted by atomic mass is 13.9. The first-order valence-corrected chi connectivity index (χ1v) is 8.09. The molecule has 0 aromatic heterocycles. The van der Waals surface area contributed by atoms with E-state index >= 15 is 0 Å². The van der Waals surface area contributed by atoms with Crippen molar-refractivity contribution in [2.75, 3.05) is 0 Å². The van der Waals surface area contributed by atoms with Gasteiger partial charge in [-0.05, 0) is 65.2 Å². The fourth-order valence-electron chi connectivity index (χ4n) is 1.81. The van der Waals surface area contributed by atoms with Gasteiger partial charge in [0, 0.05) is 0 Å². The average molecular weight is 272 g/mol. The quantitative estimate of drug-likeness (QED) is 0.267. The Kier molecular flexibility index (Phi) is 16.5. The summed E-state index contributed by atoms with van der Waals surface area (Å²) < 4.78 is 0. The zero-order valence-corrected chi connectivity index (χ0v) is 13.4. The van der Waals surface area contributed by atoms with Gasteiger partial charge in [0.05, 0.1) is 0 Å². The van der Waals surface area contributed by atoms with Crippen LogP contribution in [-0.4, -0.2) is 0 Å². The number of rotatable bonds is 12. The minimum absolute atomic E-state index is 1.17. The molecule has 0 bridgehead atoms. The van der Waals surface area contributed by atoms with Crippen LogP contribution in [0.3, 0.4) is 0 Å². The van der Waals surface area contributed by atoms with Crippen LogP contribution in [0, 0.1) is 0 Å². The molecule has 0 aromatic carbocycles. The predicted molar refractivity (Wildman–Crippen MR) is 94.0 cm³/mol. The van der Waals surface area contributed by atoms with Gasteiger partial charge in [-0.3, -0.25) is 0 Å². The van der Waals surface area contributed by atoms with Crippen molar-refractivity contribution in [1.82, 2.24) is 0 Å². The van der Waals surface area contributed by atoms with Crippen molar-refractivity contribution in [2.45, 2.75) is 65.2 Å². The maximum atomic E-state index is 2.31. The molecule has 112 valence electrons. The SMILES string of the molecule is CC=CCCC=CCCC=CCCC=CCCC=CC. The van der Waals surface area contributed by atoms with Gasteiger partial charge in [-0.15, -0.1) is 0 Å². The predicted octanol–water partition coefficient (Wildman–Crippen LogP) is 6.93. The van der Waals surface area contributed by atoms with Crippen LogP contribution in [-0.2, 0) is 0 Å². The summed E-state index contributed by atoms with van der Waals surface area (Å²) >= 11 is 0. The van der Waals surface area contributed by atoms with E-state index in [2.05, 4.69) is 74.6 Å². The van der Waals surface area contributed by atoms with Gasteiger partial charge in [-0.1, -0.05) is 60.8 Å². The van der Waals surface area contributed by atoms with Crippen molar-refractivity contribution in [2.24, 2.45) is 0 Å². The average Bonchev–Trinajstić information content (AvgIpc) is 2.47.